The lowest BCUT2D eigenvalue weighted by molar-refractivity contribution is 0.0276. The third kappa shape index (κ3) is 6.40. The highest BCUT2D eigenvalue weighted by Crippen LogP contribution is 2.42. The molecule has 0 radical (unpaired) electrons. The zero-order chi connectivity index (χ0) is 27.5. The van der Waals surface area contributed by atoms with E-state index in [0.29, 0.717) is 43.2 Å². The number of benzene rings is 2. The number of hydrogen-bond donors (Lipinski definition) is 0. The van der Waals surface area contributed by atoms with Crippen LogP contribution in [0.5, 0.6) is 5.75 Å². The van der Waals surface area contributed by atoms with Gasteiger partial charge in [-0.15, -0.1) is 0 Å². The summed E-state index contributed by atoms with van der Waals surface area (Å²) in [5, 5.41) is 0. The first-order valence-corrected chi connectivity index (χ1v) is 13.5. The molecule has 4 rings (SSSR count). The van der Waals surface area contributed by atoms with E-state index < -0.39 is 5.60 Å². The molecule has 1 atom stereocenters. The maximum absolute atomic E-state index is 15.3. The van der Waals surface area contributed by atoms with E-state index in [1.807, 2.05) is 20.8 Å². The summed E-state index contributed by atoms with van der Waals surface area (Å²) >= 11 is 0. The van der Waals surface area contributed by atoms with Gasteiger partial charge in [0.15, 0.2) is 0 Å². The Morgan fingerprint density at radius 1 is 1.05 bits per heavy atom. The molecule has 0 aliphatic carbocycles. The molecule has 2 aliphatic rings. The minimum Gasteiger partial charge on any atom is -0.494 e. The second-order valence-electron chi connectivity index (χ2n) is 11.5. The Balaban J connectivity index is 1.38. The van der Waals surface area contributed by atoms with Crippen molar-refractivity contribution in [1.29, 1.82) is 0 Å². The Bertz CT molecular complexity index is 1150. The van der Waals surface area contributed by atoms with Crippen molar-refractivity contribution in [3.8, 4) is 5.75 Å². The molecule has 0 saturated carbocycles. The number of likely N-dealkylation sites (tertiary alicyclic amines) is 1. The standard InChI is InChI=1S/C30H40FN3O4/c1-6-7-18-37-24-11-8-22(9-12-24)27(35)32(5)23-10-13-26(25(31)19-23)33-16-14-30(20-33)15-17-34(21-30)28(36)38-29(2,3)4/h8-13,19H,6-7,14-18,20-21H2,1-5H3. The fourth-order valence-corrected chi connectivity index (χ4v) is 5.19. The van der Waals surface area contributed by atoms with Crippen molar-refractivity contribution in [2.45, 2.75) is 59.0 Å². The van der Waals surface area contributed by atoms with E-state index in [1.165, 1.54) is 11.0 Å². The SMILES string of the molecule is CCCCOc1ccc(C(=O)N(C)c2ccc(N3CCC4(CCN(C(=O)OC(C)(C)C)C4)C3)c(F)c2)cc1. The van der Waals surface area contributed by atoms with Gasteiger partial charge in [0.05, 0.1) is 12.3 Å². The van der Waals surface area contributed by atoms with Gasteiger partial charge >= 0.3 is 6.09 Å². The van der Waals surface area contributed by atoms with Crippen molar-refractivity contribution in [1.82, 2.24) is 4.90 Å². The first-order valence-electron chi connectivity index (χ1n) is 13.5. The molecule has 1 spiro atoms. The molecule has 0 N–H and O–H groups in total. The van der Waals surface area contributed by atoms with Crippen molar-refractivity contribution in [2.75, 3.05) is 49.6 Å². The summed E-state index contributed by atoms with van der Waals surface area (Å²) in [5.41, 5.74) is 0.944. The Morgan fingerprint density at radius 2 is 1.76 bits per heavy atom. The summed E-state index contributed by atoms with van der Waals surface area (Å²) < 4.78 is 26.5. The minimum absolute atomic E-state index is 0.0544. The highest BCUT2D eigenvalue weighted by Gasteiger charge is 2.46. The number of halogens is 1. The summed E-state index contributed by atoms with van der Waals surface area (Å²) in [6.45, 7) is 11.0. The molecule has 0 aromatic heterocycles. The van der Waals surface area contributed by atoms with Gasteiger partial charge in [0, 0.05) is 49.9 Å². The highest BCUT2D eigenvalue weighted by atomic mass is 19.1. The van der Waals surface area contributed by atoms with Crippen LogP contribution in [0.2, 0.25) is 0 Å². The van der Waals surface area contributed by atoms with Crippen LogP contribution < -0.4 is 14.5 Å². The van der Waals surface area contributed by atoms with Crippen LogP contribution in [0.15, 0.2) is 42.5 Å². The van der Waals surface area contributed by atoms with Gasteiger partial charge in [-0.25, -0.2) is 9.18 Å². The number of carbonyl (C=O) groups is 2. The van der Waals surface area contributed by atoms with Crippen LogP contribution in [0.4, 0.5) is 20.6 Å². The molecule has 2 saturated heterocycles. The topological polar surface area (TPSA) is 62.3 Å². The average Bonchev–Trinajstić information content (AvgIpc) is 3.49. The van der Waals surface area contributed by atoms with Gasteiger partial charge in [-0.1, -0.05) is 13.3 Å². The van der Waals surface area contributed by atoms with Gasteiger partial charge in [-0.3, -0.25) is 4.79 Å². The first kappa shape index (κ1) is 27.7. The summed E-state index contributed by atoms with van der Waals surface area (Å²) in [6.07, 6.45) is 3.52. The van der Waals surface area contributed by atoms with Crippen LogP contribution >= 0.6 is 0 Å². The predicted octanol–water partition coefficient (Wildman–Crippen LogP) is 6.12. The van der Waals surface area contributed by atoms with E-state index in [2.05, 4.69) is 11.8 Å². The molecular weight excluding hydrogens is 485 g/mol. The predicted molar refractivity (Wildman–Crippen MR) is 148 cm³/mol. The molecular formula is C30H40FN3O4. The van der Waals surface area contributed by atoms with Gasteiger partial charge in [0.1, 0.15) is 17.2 Å². The molecule has 2 heterocycles. The molecule has 206 valence electrons. The second-order valence-corrected chi connectivity index (χ2v) is 11.5. The average molecular weight is 526 g/mol. The van der Waals surface area contributed by atoms with E-state index in [9.17, 15) is 9.59 Å². The Morgan fingerprint density at radius 3 is 2.42 bits per heavy atom. The van der Waals surface area contributed by atoms with Crippen LogP contribution in [0.3, 0.4) is 0 Å². The number of rotatable bonds is 7. The Kier molecular flexibility index (Phi) is 8.19. The number of unbranched alkanes of at least 4 members (excludes halogenated alkanes) is 1. The fourth-order valence-electron chi connectivity index (χ4n) is 5.19. The van der Waals surface area contributed by atoms with E-state index >= 15 is 4.39 Å². The Labute approximate surface area is 225 Å². The van der Waals surface area contributed by atoms with Crippen molar-refractivity contribution >= 4 is 23.4 Å². The zero-order valence-corrected chi connectivity index (χ0v) is 23.3. The lowest BCUT2D eigenvalue weighted by atomic mass is 9.86. The second kappa shape index (κ2) is 11.2. The molecule has 2 aromatic carbocycles. The minimum atomic E-state index is -0.528. The van der Waals surface area contributed by atoms with E-state index in [1.54, 1.807) is 48.3 Å². The number of ether oxygens (including phenoxy) is 2. The summed E-state index contributed by atoms with van der Waals surface area (Å²) in [7, 11) is 1.65. The third-order valence-electron chi connectivity index (χ3n) is 7.36. The molecule has 7 nitrogen and oxygen atoms in total. The third-order valence-corrected chi connectivity index (χ3v) is 7.36. The Hall–Kier alpha value is -3.29. The van der Waals surface area contributed by atoms with Gasteiger partial charge < -0.3 is 24.2 Å². The first-order chi connectivity index (χ1) is 18.0. The lowest BCUT2D eigenvalue weighted by Crippen LogP contribution is -2.37. The van der Waals surface area contributed by atoms with Gasteiger partial charge in [-0.2, -0.15) is 0 Å². The number of anilines is 2. The van der Waals surface area contributed by atoms with E-state index in [4.69, 9.17) is 9.47 Å². The maximum atomic E-state index is 15.3. The van der Waals surface area contributed by atoms with Crippen molar-refractivity contribution in [2.24, 2.45) is 5.41 Å². The molecule has 38 heavy (non-hydrogen) atoms. The van der Waals surface area contributed by atoms with Crippen LogP contribution in [0.25, 0.3) is 0 Å². The van der Waals surface area contributed by atoms with E-state index in [0.717, 1.165) is 38.0 Å². The monoisotopic (exact) mass is 525 g/mol. The normalized spacial score (nSPS) is 19.2. The number of amides is 2. The van der Waals surface area contributed by atoms with Gasteiger partial charge in [0.25, 0.3) is 5.91 Å². The van der Waals surface area contributed by atoms with Crippen LogP contribution in [-0.4, -0.2) is 62.3 Å². The molecule has 2 aromatic rings. The van der Waals surface area contributed by atoms with Crippen molar-refractivity contribution in [3.05, 3.63) is 53.8 Å². The largest absolute Gasteiger partial charge is 0.494 e. The molecule has 1 unspecified atom stereocenters. The highest BCUT2D eigenvalue weighted by molar-refractivity contribution is 6.05. The quantitative estimate of drug-likeness (QED) is 0.408. The lowest BCUT2D eigenvalue weighted by Gasteiger charge is -2.27. The van der Waals surface area contributed by atoms with Gasteiger partial charge in [-0.05, 0) is 82.5 Å². The van der Waals surface area contributed by atoms with Crippen LogP contribution in [0, 0.1) is 11.2 Å². The maximum Gasteiger partial charge on any atom is 0.410 e. The zero-order valence-electron chi connectivity index (χ0n) is 23.3. The number of hydrogen-bond acceptors (Lipinski definition) is 5. The molecule has 2 aliphatic heterocycles. The summed E-state index contributed by atoms with van der Waals surface area (Å²) in [4.78, 5) is 30.8. The van der Waals surface area contributed by atoms with Crippen molar-refractivity contribution < 1.29 is 23.5 Å². The number of carbonyl (C=O) groups excluding carboxylic acids is 2. The van der Waals surface area contributed by atoms with Crippen LogP contribution in [-0.2, 0) is 4.74 Å². The number of nitrogens with zero attached hydrogens (tertiary/aromatic N) is 3. The molecule has 0 bridgehead atoms. The van der Waals surface area contributed by atoms with Crippen molar-refractivity contribution in [3.63, 3.8) is 0 Å². The molecule has 2 fully saturated rings. The van der Waals surface area contributed by atoms with E-state index in [-0.39, 0.29) is 23.2 Å². The smallest absolute Gasteiger partial charge is 0.410 e. The fraction of sp³-hybridized carbons (Fsp3) is 0.533. The van der Waals surface area contributed by atoms with Gasteiger partial charge in [0.2, 0.25) is 0 Å². The summed E-state index contributed by atoms with van der Waals surface area (Å²) in [5.74, 6) is 0.152. The summed E-state index contributed by atoms with van der Waals surface area (Å²) in [6, 6.07) is 12.0. The molecule has 2 amide bonds. The molecule has 8 heteroatoms. The van der Waals surface area contributed by atoms with Crippen LogP contribution in [0.1, 0.15) is 63.7 Å².